The van der Waals surface area contributed by atoms with Gasteiger partial charge in [-0.3, -0.25) is 14.9 Å². The maximum absolute atomic E-state index is 12.4. The summed E-state index contributed by atoms with van der Waals surface area (Å²) in [6.45, 7) is 1.85. The smallest absolute Gasteiger partial charge is 0.338 e. The van der Waals surface area contributed by atoms with E-state index < -0.39 is 10.9 Å². The molecule has 32 heavy (non-hydrogen) atoms. The van der Waals surface area contributed by atoms with E-state index >= 15 is 0 Å². The minimum absolute atomic E-state index is 0.0160. The molecule has 0 bridgehead atoms. The summed E-state index contributed by atoms with van der Waals surface area (Å²) < 4.78 is 4.92. The first kappa shape index (κ1) is 22.7. The van der Waals surface area contributed by atoms with E-state index in [0.29, 0.717) is 12.8 Å². The van der Waals surface area contributed by atoms with E-state index in [2.05, 4.69) is 29.6 Å². The molecule has 0 spiro atoms. The molecule has 7 nitrogen and oxygen atoms in total. The molecular formula is C25H24N2O5. The molecule has 3 aromatic rings. The fourth-order valence-corrected chi connectivity index (χ4v) is 3.30. The fraction of sp³-hybridized carbons (Fsp3) is 0.200. The minimum atomic E-state index is -0.600. The van der Waals surface area contributed by atoms with Crippen molar-refractivity contribution in [2.45, 2.75) is 26.2 Å². The molecular weight excluding hydrogens is 408 g/mol. The number of nitrogens with zero attached hydrogens (tertiary/aromatic N) is 1. The predicted octanol–water partition coefficient (Wildman–Crippen LogP) is 5.40. The lowest BCUT2D eigenvalue weighted by molar-refractivity contribution is -0.383. The molecule has 0 radical (unpaired) electrons. The zero-order chi connectivity index (χ0) is 22.9. The van der Waals surface area contributed by atoms with E-state index in [1.54, 1.807) is 6.92 Å². The lowest BCUT2D eigenvalue weighted by Crippen LogP contribution is -2.14. The van der Waals surface area contributed by atoms with Gasteiger partial charge in [-0.15, -0.1) is 0 Å². The highest BCUT2D eigenvalue weighted by atomic mass is 16.6. The summed E-state index contributed by atoms with van der Waals surface area (Å²) in [6.07, 6.45) is 1.48. The number of hydrogen-bond acceptors (Lipinski definition) is 5. The van der Waals surface area contributed by atoms with Crippen LogP contribution in [-0.2, 0) is 16.0 Å². The quantitative estimate of drug-likeness (QED) is 0.277. The van der Waals surface area contributed by atoms with Crippen molar-refractivity contribution in [3.8, 4) is 11.1 Å². The van der Waals surface area contributed by atoms with Gasteiger partial charge in [0.25, 0.3) is 5.69 Å². The topological polar surface area (TPSA) is 98.5 Å². The molecule has 1 amide bonds. The second-order valence-electron chi connectivity index (χ2n) is 7.17. The van der Waals surface area contributed by atoms with Crippen LogP contribution in [0.1, 0.15) is 35.7 Å². The number of nitrogens with one attached hydrogen (secondary N) is 1. The van der Waals surface area contributed by atoms with Gasteiger partial charge in [-0.2, -0.15) is 0 Å². The Kier molecular flexibility index (Phi) is 7.70. The number of anilines is 1. The number of hydrogen-bond donors (Lipinski definition) is 1. The van der Waals surface area contributed by atoms with Crippen LogP contribution in [0.3, 0.4) is 0 Å². The summed E-state index contributed by atoms with van der Waals surface area (Å²) in [6, 6.07) is 22.0. The predicted molar refractivity (Wildman–Crippen MR) is 122 cm³/mol. The van der Waals surface area contributed by atoms with E-state index in [1.807, 2.05) is 30.3 Å². The van der Waals surface area contributed by atoms with Gasteiger partial charge in [0.1, 0.15) is 5.69 Å². The molecule has 1 N–H and O–H groups in total. The van der Waals surface area contributed by atoms with Gasteiger partial charge in [0.15, 0.2) is 0 Å². The van der Waals surface area contributed by atoms with E-state index in [1.165, 1.54) is 18.2 Å². The summed E-state index contributed by atoms with van der Waals surface area (Å²) in [5.74, 6) is -0.952. The molecule has 7 heteroatoms. The highest BCUT2D eigenvalue weighted by molar-refractivity contribution is 5.96. The molecule has 0 aromatic heterocycles. The number of ether oxygens (including phenoxy) is 1. The number of carbonyl (C=O) groups is 2. The third-order valence-electron chi connectivity index (χ3n) is 4.91. The van der Waals surface area contributed by atoms with E-state index in [9.17, 15) is 19.7 Å². The average molecular weight is 432 g/mol. The van der Waals surface area contributed by atoms with Crippen molar-refractivity contribution < 1.29 is 19.2 Å². The molecule has 3 aromatic carbocycles. The van der Waals surface area contributed by atoms with Gasteiger partial charge < -0.3 is 10.1 Å². The van der Waals surface area contributed by atoms with Crippen LogP contribution in [0.4, 0.5) is 11.4 Å². The zero-order valence-electron chi connectivity index (χ0n) is 17.7. The van der Waals surface area contributed by atoms with Crippen molar-refractivity contribution in [2.24, 2.45) is 0 Å². The van der Waals surface area contributed by atoms with Crippen LogP contribution in [0.15, 0.2) is 72.8 Å². The Labute approximate surface area is 186 Å². The first-order valence-corrected chi connectivity index (χ1v) is 10.4. The molecule has 164 valence electrons. The largest absolute Gasteiger partial charge is 0.462 e. The number of carbonyl (C=O) groups excluding carboxylic acids is 2. The van der Waals surface area contributed by atoms with Gasteiger partial charge in [0, 0.05) is 12.5 Å². The molecule has 0 aliphatic heterocycles. The fourth-order valence-electron chi connectivity index (χ4n) is 3.30. The van der Waals surface area contributed by atoms with Gasteiger partial charge in [0.2, 0.25) is 5.91 Å². The third kappa shape index (κ3) is 6.01. The van der Waals surface area contributed by atoms with Crippen LogP contribution in [0.2, 0.25) is 0 Å². The SMILES string of the molecule is CCOC(=O)c1ccc([N+](=O)[O-])c(NC(=O)CCCc2ccc(-c3ccccc3)cc2)c1. The Morgan fingerprint density at radius 3 is 2.31 bits per heavy atom. The Balaban J connectivity index is 1.58. The Morgan fingerprint density at radius 2 is 1.66 bits per heavy atom. The maximum atomic E-state index is 12.4. The number of benzene rings is 3. The number of nitro benzene ring substituents is 1. The standard InChI is InChI=1S/C25H24N2O5/c1-2-32-25(29)21-15-16-23(27(30)31)22(17-21)26-24(28)10-6-7-18-11-13-20(14-12-18)19-8-4-3-5-9-19/h3-5,8-9,11-17H,2,6-7,10H2,1H3,(H,26,28). The van der Waals surface area contributed by atoms with Gasteiger partial charge >= 0.3 is 5.97 Å². The molecule has 0 saturated heterocycles. The Bertz CT molecular complexity index is 1100. The molecule has 3 rings (SSSR count). The molecule has 0 fully saturated rings. The highest BCUT2D eigenvalue weighted by Gasteiger charge is 2.19. The third-order valence-corrected chi connectivity index (χ3v) is 4.91. The number of aryl methyl sites for hydroxylation is 1. The van der Waals surface area contributed by atoms with E-state index in [-0.39, 0.29) is 35.9 Å². The van der Waals surface area contributed by atoms with Gasteiger partial charge in [-0.25, -0.2) is 4.79 Å². The Morgan fingerprint density at radius 1 is 0.969 bits per heavy atom. The van der Waals surface area contributed by atoms with Gasteiger partial charge in [0.05, 0.1) is 17.1 Å². The van der Waals surface area contributed by atoms with Crippen LogP contribution >= 0.6 is 0 Å². The van der Waals surface area contributed by atoms with Crippen LogP contribution in [0.5, 0.6) is 0 Å². The second kappa shape index (κ2) is 10.9. The van der Waals surface area contributed by atoms with Crippen LogP contribution in [0.25, 0.3) is 11.1 Å². The van der Waals surface area contributed by atoms with Crippen molar-refractivity contribution in [3.63, 3.8) is 0 Å². The van der Waals surface area contributed by atoms with Crippen molar-refractivity contribution in [1.82, 2.24) is 0 Å². The van der Waals surface area contributed by atoms with Gasteiger partial charge in [-0.05, 0) is 48.6 Å². The normalized spacial score (nSPS) is 10.4. The van der Waals surface area contributed by atoms with Crippen molar-refractivity contribution in [1.29, 1.82) is 0 Å². The van der Waals surface area contributed by atoms with E-state index in [0.717, 1.165) is 16.7 Å². The summed E-state index contributed by atoms with van der Waals surface area (Å²) in [5.41, 5.74) is 3.23. The van der Waals surface area contributed by atoms with E-state index in [4.69, 9.17) is 4.74 Å². The second-order valence-corrected chi connectivity index (χ2v) is 7.17. The molecule has 0 aliphatic rings. The van der Waals surface area contributed by atoms with Crippen LogP contribution in [0, 0.1) is 10.1 Å². The Hall–Kier alpha value is -4.00. The minimum Gasteiger partial charge on any atom is -0.462 e. The number of rotatable bonds is 9. The summed E-state index contributed by atoms with van der Waals surface area (Å²) in [5, 5.41) is 13.8. The summed E-state index contributed by atoms with van der Waals surface area (Å²) >= 11 is 0. The van der Waals surface area contributed by atoms with Crippen molar-refractivity contribution in [2.75, 3.05) is 11.9 Å². The van der Waals surface area contributed by atoms with Crippen molar-refractivity contribution in [3.05, 3.63) is 94.0 Å². The molecule has 0 unspecified atom stereocenters. The summed E-state index contributed by atoms with van der Waals surface area (Å²) in [4.78, 5) is 35.0. The van der Waals surface area contributed by atoms with Gasteiger partial charge in [-0.1, -0.05) is 54.6 Å². The van der Waals surface area contributed by atoms with Crippen LogP contribution < -0.4 is 5.32 Å². The lowest BCUT2D eigenvalue weighted by Gasteiger charge is -2.09. The van der Waals surface area contributed by atoms with Crippen molar-refractivity contribution >= 4 is 23.3 Å². The number of amides is 1. The highest BCUT2D eigenvalue weighted by Crippen LogP contribution is 2.26. The number of esters is 1. The summed E-state index contributed by atoms with van der Waals surface area (Å²) in [7, 11) is 0. The first-order chi connectivity index (χ1) is 15.5. The molecule has 0 aliphatic carbocycles. The average Bonchev–Trinajstić information content (AvgIpc) is 2.80. The maximum Gasteiger partial charge on any atom is 0.338 e. The monoisotopic (exact) mass is 432 g/mol. The molecule has 0 saturated carbocycles. The van der Waals surface area contributed by atoms with Crippen LogP contribution in [-0.4, -0.2) is 23.4 Å². The molecule has 0 atom stereocenters. The lowest BCUT2D eigenvalue weighted by atomic mass is 10.0. The zero-order valence-corrected chi connectivity index (χ0v) is 17.7. The first-order valence-electron chi connectivity index (χ1n) is 10.4. The molecule has 0 heterocycles. The number of nitro groups is 1.